The molecule has 8 nitrogen and oxygen atoms in total. The van der Waals surface area contributed by atoms with E-state index in [4.69, 9.17) is 4.74 Å². The Labute approximate surface area is 238 Å². The molecule has 0 spiro atoms. The number of benzene rings is 1. The third-order valence-corrected chi connectivity index (χ3v) is 7.64. The lowest BCUT2D eigenvalue weighted by molar-refractivity contribution is -0.145. The maximum Gasteiger partial charge on any atom is 0.328 e. The Morgan fingerprint density at radius 3 is 2.50 bits per heavy atom. The highest BCUT2D eigenvalue weighted by molar-refractivity contribution is 5.90. The number of carbonyl (C=O) groups excluding carboxylic acids is 4. The van der Waals surface area contributed by atoms with Crippen LogP contribution in [0.4, 0.5) is 0 Å². The highest BCUT2D eigenvalue weighted by Crippen LogP contribution is 2.34. The number of unbranched alkanes of at least 4 members (excludes halogenated alkanes) is 2. The molecule has 2 rings (SSSR count). The molecule has 222 valence electrons. The van der Waals surface area contributed by atoms with Gasteiger partial charge in [-0.3, -0.25) is 14.4 Å². The second-order valence-electron chi connectivity index (χ2n) is 11.1. The minimum atomic E-state index is -0.853. The molecule has 1 amide bonds. The van der Waals surface area contributed by atoms with E-state index in [0.29, 0.717) is 31.6 Å². The van der Waals surface area contributed by atoms with Crippen molar-refractivity contribution < 1.29 is 34.1 Å². The lowest BCUT2D eigenvalue weighted by atomic mass is 9.87. The number of rotatable bonds is 18. The summed E-state index contributed by atoms with van der Waals surface area (Å²) in [6.07, 6.45) is 7.47. The molecule has 1 unspecified atom stereocenters. The van der Waals surface area contributed by atoms with Crippen molar-refractivity contribution in [3.63, 3.8) is 0 Å². The minimum absolute atomic E-state index is 0.0144. The summed E-state index contributed by atoms with van der Waals surface area (Å²) in [6, 6.07) is 8.56. The van der Waals surface area contributed by atoms with Crippen LogP contribution in [0.15, 0.2) is 42.5 Å². The first kappa shape index (κ1) is 33.4. The van der Waals surface area contributed by atoms with Crippen molar-refractivity contribution in [1.29, 1.82) is 0 Å². The third-order valence-electron chi connectivity index (χ3n) is 7.64. The van der Waals surface area contributed by atoms with E-state index in [9.17, 15) is 29.4 Å². The second kappa shape index (κ2) is 17.8. The summed E-state index contributed by atoms with van der Waals surface area (Å²) in [7, 11) is 1.28. The van der Waals surface area contributed by atoms with Crippen LogP contribution in [0.2, 0.25) is 0 Å². The fourth-order valence-electron chi connectivity index (χ4n) is 5.31. The molecule has 1 aromatic rings. The molecule has 0 aromatic heterocycles. The Hall–Kier alpha value is -2.84. The Kier molecular flexibility index (Phi) is 14.8. The summed E-state index contributed by atoms with van der Waals surface area (Å²) in [5.74, 6) is -1.72. The molecule has 6 atom stereocenters. The van der Waals surface area contributed by atoms with E-state index in [-0.39, 0.29) is 43.2 Å². The Bertz CT molecular complexity index is 977. The van der Waals surface area contributed by atoms with Crippen molar-refractivity contribution in [1.82, 2.24) is 5.32 Å². The maximum absolute atomic E-state index is 12.7. The van der Waals surface area contributed by atoms with Crippen LogP contribution in [0.3, 0.4) is 0 Å². The average molecular weight is 558 g/mol. The minimum Gasteiger partial charge on any atom is -0.467 e. The lowest BCUT2D eigenvalue weighted by Gasteiger charge is -2.18. The van der Waals surface area contributed by atoms with Crippen molar-refractivity contribution in [3.05, 3.63) is 48.0 Å². The van der Waals surface area contributed by atoms with Gasteiger partial charge in [-0.25, -0.2) is 4.79 Å². The standard InChI is InChI=1S/C32H47NO7/c1-4-5-11-22(2)18-25(35)16-17-26-27(30(37)21-29(26)36)20-24(34)14-9-10-15-31(38)33-28(32(39)40-3)19-23-12-7-6-8-13-23/h6-8,12-13,16-17,22,25-29,35-36H,4-5,9-11,14-15,18-21H2,1-3H3,(H,33,38)/b17-16+/t22-,25?,26+,27+,28-,29+/m0/s1. The molecule has 1 aliphatic rings. The first-order chi connectivity index (χ1) is 19.1. The third kappa shape index (κ3) is 11.7. The van der Waals surface area contributed by atoms with Crippen molar-refractivity contribution in [3.8, 4) is 0 Å². The fraction of sp³-hybridized carbons (Fsp3) is 0.625. The van der Waals surface area contributed by atoms with Gasteiger partial charge in [-0.1, -0.05) is 75.6 Å². The topological polar surface area (TPSA) is 130 Å². The highest BCUT2D eigenvalue weighted by Gasteiger charge is 2.40. The zero-order chi connectivity index (χ0) is 29.5. The molecule has 0 heterocycles. The van der Waals surface area contributed by atoms with E-state index in [1.54, 1.807) is 12.2 Å². The Morgan fingerprint density at radius 2 is 1.82 bits per heavy atom. The largest absolute Gasteiger partial charge is 0.467 e. The van der Waals surface area contributed by atoms with Crippen molar-refractivity contribution in [2.24, 2.45) is 17.8 Å². The summed E-state index contributed by atoms with van der Waals surface area (Å²) < 4.78 is 4.83. The van der Waals surface area contributed by atoms with E-state index < -0.39 is 36.1 Å². The Balaban J connectivity index is 1.78. The van der Waals surface area contributed by atoms with Crippen LogP contribution in [0.5, 0.6) is 0 Å². The summed E-state index contributed by atoms with van der Waals surface area (Å²) >= 11 is 0. The summed E-state index contributed by atoms with van der Waals surface area (Å²) in [6.45, 7) is 4.24. The van der Waals surface area contributed by atoms with Crippen LogP contribution in [0, 0.1) is 17.8 Å². The molecule has 0 bridgehead atoms. The number of nitrogens with one attached hydrogen (secondary N) is 1. The summed E-state index contributed by atoms with van der Waals surface area (Å²) in [4.78, 5) is 49.8. The molecule has 0 saturated heterocycles. The molecule has 1 saturated carbocycles. The number of ketones is 2. The molecular formula is C32H47NO7. The average Bonchev–Trinajstić information content (AvgIpc) is 3.19. The van der Waals surface area contributed by atoms with Crippen LogP contribution in [0.25, 0.3) is 0 Å². The predicted octanol–water partition coefficient (Wildman–Crippen LogP) is 4.11. The maximum atomic E-state index is 12.7. The van der Waals surface area contributed by atoms with Crippen LogP contribution in [-0.4, -0.2) is 59.0 Å². The van der Waals surface area contributed by atoms with Gasteiger partial charge in [0.25, 0.3) is 0 Å². The van der Waals surface area contributed by atoms with Crippen molar-refractivity contribution in [2.75, 3.05) is 7.11 Å². The second-order valence-corrected chi connectivity index (χ2v) is 11.1. The van der Waals surface area contributed by atoms with Gasteiger partial charge in [0, 0.05) is 43.9 Å². The molecule has 0 aliphatic heterocycles. The van der Waals surface area contributed by atoms with Gasteiger partial charge < -0.3 is 20.3 Å². The van der Waals surface area contributed by atoms with Gasteiger partial charge in [-0.05, 0) is 30.7 Å². The van der Waals surface area contributed by atoms with E-state index in [2.05, 4.69) is 19.2 Å². The van der Waals surface area contributed by atoms with E-state index >= 15 is 0 Å². The van der Waals surface area contributed by atoms with Gasteiger partial charge in [0.1, 0.15) is 17.6 Å². The quantitative estimate of drug-likeness (QED) is 0.141. The van der Waals surface area contributed by atoms with Gasteiger partial charge in [-0.2, -0.15) is 0 Å². The predicted molar refractivity (Wildman–Crippen MR) is 153 cm³/mol. The highest BCUT2D eigenvalue weighted by atomic mass is 16.5. The number of amides is 1. The SMILES string of the molecule is CCCC[C@H](C)CC(O)/C=C/[C@H]1[C@H](O)CC(=O)[C@@H]1CC(=O)CCCCC(=O)N[C@@H](Cc1ccccc1)C(=O)OC. The molecule has 40 heavy (non-hydrogen) atoms. The monoisotopic (exact) mass is 557 g/mol. The van der Waals surface area contributed by atoms with Crippen LogP contribution in [-0.2, 0) is 30.3 Å². The number of aliphatic hydroxyl groups excluding tert-OH is 2. The zero-order valence-corrected chi connectivity index (χ0v) is 24.2. The van der Waals surface area contributed by atoms with Gasteiger partial charge in [-0.15, -0.1) is 0 Å². The first-order valence-corrected chi connectivity index (χ1v) is 14.6. The molecule has 3 N–H and O–H groups in total. The van der Waals surface area contributed by atoms with E-state index in [1.165, 1.54) is 7.11 Å². The zero-order valence-electron chi connectivity index (χ0n) is 24.2. The fourth-order valence-corrected chi connectivity index (χ4v) is 5.31. The number of hydrogen-bond acceptors (Lipinski definition) is 7. The number of ether oxygens (including phenoxy) is 1. The van der Waals surface area contributed by atoms with Gasteiger partial charge in [0.15, 0.2) is 0 Å². The van der Waals surface area contributed by atoms with E-state index in [1.807, 2.05) is 30.3 Å². The van der Waals surface area contributed by atoms with Crippen LogP contribution in [0.1, 0.15) is 83.6 Å². The smallest absolute Gasteiger partial charge is 0.328 e. The summed E-state index contributed by atoms with van der Waals surface area (Å²) in [5.41, 5.74) is 0.902. The molecule has 8 heteroatoms. The van der Waals surface area contributed by atoms with Crippen LogP contribution >= 0.6 is 0 Å². The number of hydrogen-bond donors (Lipinski definition) is 3. The summed E-state index contributed by atoms with van der Waals surface area (Å²) in [5, 5.41) is 23.5. The molecular weight excluding hydrogens is 510 g/mol. The van der Waals surface area contributed by atoms with Crippen molar-refractivity contribution in [2.45, 2.75) is 103 Å². The number of esters is 1. The number of Topliss-reactive ketones (excluding diaryl/α,β-unsaturated/α-hetero) is 2. The van der Waals surface area contributed by atoms with Crippen molar-refractivity contribution >= 4 is 23.4 Å². The van der Waals surface area contributed by atoms with Crippen LogP contribution < -0.4 is 5.32 Å². The molecule has 1 fully saturated rings. The number of carbonyl (C=O) groups is 4. The molecule has 0 radical (unpaired) electrons. The molecule has 1 aromatic carbocycles. The lowest BCUT2D eigenvalue weighted by Crippen LogP contribution is -2.43. The first-order valence-electron chi connectivity index (χ1n) is 14.6. The van der Waals surface area contributed by atoms with Gasteiger partial charge in [0.05, 0.1) is 19.3 Å². The molecule has 1 aliphatic carbocycles. The Morgan fingerprint density at radius 1 is 1.12 bits per heavy atom. The van der Waals surface area contributed by atoms with E-state index in [0.717, 1.165) is 24.8 Å². The number of aliphatic hydroxyl groups is 2. The normalized spacial score (nSPS) is 21.2. The van der Waals surface area contributed by atoms with Gasteiger partial charge in [0.2, 0.25) is 5.91 Å². The van der Waals surface area contributed by atoms with Gasteiger partial charge >= 0.3 is 5.97 Å². The number of methoxy groups -OCH3 is 1.